The first-order chi connectivity index (χ1) is 9.35. The van der Waals surface area contributed by atoms with E-state index in [1.165, 1.54) is 11.1 Å². The second-order valence-corrected chi connectivity index (χ2v) is 6.64. The molecule has 0 saturated carbocycles. The molecule has 1 unspecified atom stereocenters. The van der Waals surface area contributed by atoms with Crippen LogP contribution in [-0.4, -0.2) is 0 Å². The molecule has 0 spiro atoms. The summed E-state index contributed by atoms with van der Waals surface area (Å²) in [7, 11) is 0. The summed E-state index contributed by atoms with van der Waals surface area (Å²) >= 11 is 0. The second-order valence-electron chi connectivity index (χ2n) is 6.64. The van der Waals surface area contributed by atoms with Crippen LogP contribution in [0.3, 0.4) is 0 Å². The molecule has 0 aromatic heterocycles. The highest BCUT2D eigenvalue weighted by atomic mass is 14.5. The molecule has 1 aliphatic carbocycles. The summed E-state index contributed by atoms with van der Waals surface area (Å²) in [5.41, 5.74) is 14.0. The first-order valence-electron chi connectivity index (χ1n) is 6.99. The van der Waals surface area contributed by atoms with Gasteiger partial charge >= 0.3 is 0 Å². The predicted octanol–water partition coefficient (Wildman–Crippen LogP) is 5.33. The molecule has 1 aromatic rings. The third-order valence-electron chi connectivity index (χ3n) is 4.68. The van der Waals surface area contributed by atoms with Gasteiger partial charge in [0.15, 0.2) is 0 Å². The van der Waals surface area contributed by atoms with Crippen LogP contribution in [0.25, 0.3) is 5.57 Å². The fourth-order valence-corrected chi connectivity index (χ4v) is 2.94. The summed E-state index contributed by atoms with van der Waals surface area (Å²) in [6.45, 7) is 16.7. The monoisotopic (exact) mass is 262 g/mol. The van der Waals surface area contributed by atoms with E-state index in [9.17, 15) is 0 Å². The molecule has 1 aliphatic rings. The SMILES string of the molecule is C=C=C=C1C(=C=C)C(C)(C(C)(C)C)Cc2ccccc21. The van der Waals surface area contributed by atoms with Gasteiger partial charge in [-0.3, -0.25) is 0 Å². The van der Waals surface area contributed by atoms with Crippen molar-refractivity contribution in [2.24, 2.45) is 10.8 Å². The van der Waals surface area contributed by atoms with Crippen LogP contribution in [0.5, 0.6) is 0 Å². The first kappa shape index (κ1) is 14.4. The van der Waals surface area contributed by atoms with Gasteiger partial charge in [0.2, 0.25) is 0 Å². The van der Waals surface area contributed by atoms with Crippen LogP contribution in [0, 0.1) is 10.8 Å². The van der Waals surface area contributed by atoms with Gasteiger partial charge in [0.05, 0.1) is 0 Å². The van der Waals surface area contributed by atoms with E-state index < -0.39 is 0 Å². The summed E-state index contributed by atoms with van der Waals surface area (Å²) in [4.78, 5) is 0. The number of hydrogen-bond acceptors (Lipinski definition) is 0. The lowest BCUT2D eigenvalue weighted by molar-refractivity contribution is 0.156. The zero-order valence-electron chi connectivity index (χ0n) is 12.9. The molecule has 2 rings (SSSR count). The van der Waals surface area contributed by atoms with Crippen molar-refractivity contribution in [1.82, 2.24) is 0 Å². The largest absolute Gasteiger partial charge is 0.123 e. The lowest BCUT2D eigenvalue weighted by atomic mass is 9.56. The topological polar surface area (TPSA) is 0 Å². The lowest BCUT2D eigenvalue weighted by Gasteiger charge is -2.46. The fraction of sp³-hybridized carbons (Fsp3) is 0.350. The molecule has 0 nitrogen and oxygen atoms in total. The fourth-order valence-electron chi connectivity index (χ4n) is 2.94. The molecule has 0 bridgehead atoms. The van der Waals surface area contributed by atoms with Gasteiger partial charge in [0, 0.05) is 16.6 Å². The third kappa shape index (κ3) is 2.05. The Morgan fingerprint density at radius 2 is 1.80 bits per heavy atom. The Morgan fingerprint density at radius 3 is 2.35 bits per heavy atom. The molecule has 0 N–H and O–H groups in total. The molecule has 0 fully saturated rings. The number of rotatable bonds is 0. The van der Waals surface area contributed by atoms with Gasteiger partial charge in [-0.15, -0.1) is 5.73 Å². The average Bonchev–Trinajstić information content (AvgIpc) is 2.38. The minimum absolute atomic E-state index is 0.0255. The van der Waals surface area contributed by atoms with E-state index >= 15 is 0 Å². The molecular weight excluding hydrogens is 240 g/mol. The molecule has 102 valence electrons. The van der Waals surface area contributed by atoms with E-state index in [0.29, 0.717) is 0 Å². The Hall–Kier alpha value is -1.96. The maximum Gasteiger partial charge on any atom is 0.0438 e. The highest BCUT2D eigenvalue weighted by molar-refractivity contribution is 5.83. The van der Waals surface area contributed by atoms with E-state index in [2.05, 4.69) is 82.3 Å². The zero-order valence-corrected chi connectivity index (χ0v) is 12.9. The van der Waals surface area contributed by atoms with Gasteiger partial charge in [-0.1, -0.05) is 70.0 Å². The van der Waals surface area contributed by atoms with Crippen molar-refractivity contribution in [2.75, 3.05) is 0 Å². The van der Waals surface area contributed by atoms with E-state index in [4.69, 9.17) is 0 Å². The Labute approximate surface area is 122 Å². The van der Waals surface area contributed by atoms with Gasteiger partial charge in [0.1, 0.15) is 0 Å². The Bertz CT molecular complexity index is 677. The number of hydrogen-bond donors (Lipinski definition) is 0. The Balaban J connectivity index is 2.86. The van der Waals surface area contributed by atoms with Crippen LogP contribution in [0.4, 0.5) is 0 Å². The van der Waals surface area contributed by atoms with Crippen molar-refractivity contribution in [3.8, 4) is 0 Å². The van der Waals surface area contributed by atoms with Crippen LogP contribution in [0.15, 0.2) is 60.2 Å². The number of allylic oxidation sites excluding steroid dienone is 2. The Kier molecular flexibility index (Phi) is 3.51. The normalized spacial score (nSPS) is 21.6. The molecule has 1 atom stereocenters. The maximum absolute atomic E-state index is 3.93. The van der Waals surface area contributed by atoms with Crippen molar-refractivity contribution >= 4 is 5.57 Å². The molecule has 0 aliphatic heterocycles. The first-order valence-corrected chi connectivity index (χ1v) is 6.99. The molecule has 0 radical (unpaired) electrons. The van der Waals surface area contributed by atoms with Crippen LogP contribution in [-0.2, 0) is 6.42 Å². The minimum atomic E-state index is -0.0255. The van der Waals surface area contributed by atoms with Crippen molar-refractivity contribution < 1.29 is 0 Å². The van der Waals surface area contributed by atoms with Gasteiger partial charge in [-0.2, -0.15) is 0 Å². The van der Waals surface area contributed by atoms with Crippen molar-refractivity contribution in [3.63, 3.8) is 0 Å². The Morgan fingerprint density at radius 1 is 1.15 bits per heavy atom. The van der Waals surface area contributed by atoms with E-state index in [0.717, 1.165) is 17.6 Å². The smallest absolute Gasteiger partial charge is 0.0438 e. The van der Waals surface area contributed by atoms with Crippen molar-refractivity contribution in [2.45, 2.75) is 34.1 Å². The number of fused-ring (bicyclic) bond motifs is 1. The molecule has 0 amide bonds. The predicted molar refractivity (Wildman–Crippen MR) is 86.4 cm³/mol. The quantitative estimate of drug-likeness (QED) is 0.554. The van der Waals surface area contributed by atoms with Gasteiger partial charge in [-0.25, -0.2) is 0 Å². The molecule has 0 heteroatoms. The van der Waals surface area contributed by atoms with Crippen LogP contribution >= 0.6 is 0 Å². The lowest BCUT2D eigenvalue weighted by Crippen LogP contribution is -2.39. The van der Waals surface area contributed by atoms with E-state index in [1.54, 1.807) is 0 Å². The standard InChI is InChI=1S/C20H22/c1-7-11-17-16-13-10-9-12-15(16)14-20(6,18(17)8-2)19(3,4)5/h9-10,12-13H,1-2,14H2,3-6H3. The molecule has 20 heavy (non-hydrogen) atoms. The van der Waals surface area contributed by atoms with Gasteiger partial charge in [-0.05, 0) is 29.5 Å². The van der Waals surface area contributed by atoms with Crippen molar-refractivity contribution in [1.29, 1.82) is 0 Å². The van der Waals surface area contributed by atoms with Gasteiger partial charge in [0.25, 0.3) is 0 Å². The average molecular weight is 262 g/mol. The van der Waals surface area contributed by atoms with Crippen LogP contribution in [0.1, 0.15) is 38.8 Å². The number of benzene rings is 1. The zero-order chi connectivity index (χ0) is 15.0. The summed E-state index contributed by atoms with van der Waals surface area (Å²) in [6, 6.07) is 8.49. The van der Waals surface area contributed by atoms with Gasteiger partial charge < -0.3 is 0 Å². The highest BCUT2D eigenvalue weighted by Crippen LogP contribution is 2.54. The molecule has 1 aromatic carbocycles. The maximum atomic E-state index is 3.93. The molecule has 0 heterocycles. The summed E-state index contributed by atoms with van der Waals surface area (Å²) < 4.78 is 0. The van der Waals surface area contributed by atoms with Crippen molar-refractivity contribution in [3.05, 3.63) is 71.3 Å². The van der Waals surface area contributed by atoms with Crippen LogP contribution in [0.2, 0.25) is 0 Å². The van der Waals surface area contributed by atoms with Crippen LogP contribution < -0.4 is 0 Å². The van der Waals surface area contributed by atoms with E-state index in [-0.39, 0.29) is 10.8 Å². The van der Waals surface area contributed by atoms with E-state index in [1.807, 2.05) is 0 Å². The molecule has 0 saturated heterocycles. The third-order valence-corrected chi connectivity index (χ3v) is 4.68. The second kappa shape index (κ2) is 4.86. The summed E-state index contributed by atoms with van der Waals surface area (Å²) in [5.74, 6) is 0. The molecular formula is C20H22. The highest BCUT2D eigenvalue weighted by Gasteiger charge is 2.45. The summed E-state index contributed by atoms with van der Waals surface area (Å²) in [5, 5.41) is 0. The summed E-state index contributed by atoms with van der Waals surface area (Å²) in [6.07, 6.45) is 0.993. The minimum Gasteiger partial charge on any atom is -0.123 e.